The van der Waals surface area contributed by atoms with Crippen LogP contribution in [0.1, 0.15) is 168 Å². The van der Waals surface area contributed by atoms with Crippen molar-refractivity contribution in [3.63, 3.8) is 0 Å². The maximum atomic E-state index is 12.1. The Balaban J connectivity index is 3.71. The lowest BCUT2D eigenvalue weighted by Crippen LogP contribution is -2.28. The van der Waals surface area contributed by atoms with Crippen molar-refractivity contribution < 1.29 is 24.2 Å². The fraction of sp³-hybridized carbons (Fsp3) is 0.674. The third-order valence-electron chi connectivity index (χ3n) is 8.03. The first-order valence-electron chi connectivity index (χ1n) is 19.5. The number of unbranched alkanes of at least 4 members (excludes halogenated alkanes) is 14. The van der Waals surface area contributed by atoms with Crippen LogP contribution in [0.25, 0.3) is 0 Å². The SMILES string of the molecule is CC/C=C\C/C=C\C/C=C\C/C=C\C/C=C\C/C=C\CCC(=O)O[C@@H](CO)COC(=O)CCCCCCCCCCCCCCCCC. The number of carbonyl (C=O) groups excluding carboxylic acids is 2. The minimum Gasteiger partial charge on any atom is -0.462 e. The Morgan fingerprint density at radius 3 is 1.31 bits per heavy atom. The predicted octanol–water partition coefficient (Wildman–Crippen LogP) is 12.2. The zero-order valence-corrected chi connectivity index (χ0v) is 31.0. The van der Waals surface area contributed by atoms with Gasteiger partial charge in [-0.1, -0.05) is 177 Å². The summed E-state index contributed by atoms with van der Waals surface area (Å²) < 4.78 is 10.5. The molecule has 0 aromatic rings. The molecule has 0 aromatic heterocycles. The second-order valence-electron chi connectivity index (χ2n) is 12.6. The summed E-state index contributed by atoms with van der Waals surface area (Å²) in [6, 6.07) is 0. The zero-order valence-electron chi connectivity index (χ0n) is 31.0. The summed E-state index contributed by atoms with van der Waals surface area (Å²) in [6.45, 7) is 3.95. The van der Waals surface area contributed by atoms with Crippen LogP contribution in [-0.2, 0) is 19.1 Å². The summed E-state index contributed by atoms with van der Waals surface area (Å²) in [5, 5.41) is 9.54. The molecule has 0 heterocycles. The van der Waals surface area contributed by atoms with Crippen LogP contribution in [-0.4, -0.2) is 36.4 Å². The van der Waals surface area contributed by atoms with Gasteiger partial charge in [0.15, 0.2) is 6.10 Å². The van der Waals surface area contributed by atoms with Crippen LogP contribution in [0.5, 0.6) is 0 Å². The number of allylic oxidation sites excluding steroid dienone is 12. The van der Waals surface area contributed by atoms with E-state index in [1.54, 1.807) is 0 Å². The van der Waals surface area contributed by atoms with Crippen LogP contribution in [0.15, 0.2) is 72.9 Å². The second-order valence-corrected chi connectivity index (χ2v) is 12.6. The third-order valence-corrected chi connectivity index (χ3v) is 8.03. The molecule has 0 unspecified atom stereocenters. The Labute approximate surface area is 295 Å². The highest BCUT2D eigenvalue weighted by Gasteiger charge is 2.15. The summed E-state index contributed by atoms with van der Waals surface area (Å²) in [4.78, 5) is 24.2. The molecule has 5 nitrogen and oxygen atoms in total. The van der Waals surface area contributed by atoms with Gasteiger partial charge in [0.2, 0.25) is 0 Å². The Morgan fingerprint density at radius 1 is 0.500 bits per heavy atom. The van der Waals surface area contributed by atoms with Gasteiger partial charge < -0.3 is 14.6 Å². The molecular weight excluding hydrogens is 596 g/mol. The lowest BCUT2D eigenvalue weighted by atomic mass is 10.0. The Morgan fingerprint density at radius 2 is 0.896 bits per heavy atom. The summed E-state index contributed by atoms with van der Waals surface area (Å²) in [6.07, 6.45) is 51.1. The first kappa shape index (κ1) is 45.3. The van der Waals surface area contributed by atoms with Gasteiger partial charge in [0, 0.05) is 12.8 Å². The summed E-state index contributed by atoms with van der Waals surface area (Å²) in [5.74, 6) is -0.691. The molecule has 48 heavy (non-hydrogen) atoms. The molecule has 0 aliphatic rings. The van der Waals surface area contributed by atoms with Crippen LogP contribution in [0.3, 0.4) is 0 Å². The van der Waals surface area contributed by atoms with E-state index in [0.29, 0.717) is 12.8 Å². The number of hydrogen-bond donors (Lipinski definition) is 1. The van der Waals surface area contributed by atoms with Crippen LogP contribution in [0.2, 0.25) is 0 Å². The van der Waals surface area contributed by atoms with Crippen LogP contribution in [0, 0.1) is 0 Å². The number of rotatable bonds is 34. The van der Waals surface area contributed by atoms with E-state index in [4.69, 9.17) is 9.47 Å². The van der Waals surface area contributed by atoms with Crippen molar-refractivity contribution in [1.82, 2.24) is 0 Å². The molecule has 0 rings (SSSR count). The highest BCUT2D eigenvalue weighted by atomic mass is 16.6. The molecule has 0 amide bonds. The normalized spacial score (nSPS) is 13.0. The summed E-state index contributed by atoms with van der Waals surface area (Å²) >= 11 is 0. The van der Waals surface area contributed by atoms with Crippen molar-refractivity contribution in [2.75, 3.05) is 13.2 Å². The number of ether oxygens (including phenoxy) is 2. The van der Waals surface area contributed by atoms with Crippen LogP contribution < -0.4 is 0 Å². The molecule has 0 radical (unpaired) electrons. The Hall–Kier alpha value is -2.66. The molecule has 0 spiro atoms. The van der Waals surface area contributed by atoms with Gasteiger partial charge in [0.05, 0.1) is 6.61 Å². The zero-order chi connectivity index (χ0) is 35.0. The molecule has 1 atom stereocenters. The summed E-state index contributed by atoms with van der Waals surface area (Å²) in [7, 11) is 0. The van der Waals surface area contributed by atoms with Crippen LogP contribution in [0.4, 0.5) is 0 Å². The molecule has 0 saturated heterocycles. The fourth-order valence-electron chi connectivity index (χ4n) is 5.11. The van der Waals surface area contributed by atoms with E-state index in [2.05, 4.69) is 74.6 Å². The molecule has 0 bridgehead atoms. The average Bonchev–Trinajstić information content (AvgIpc) is 3.09. The van der Waals surface area contributed by atoms with E-state index in [-0.39, 0.29) is 25.6 Å². The van der Waals surface area contributed by atoms with E-state index < -0.39 is 12.1 Å². The van der Waals surface area contributed by atoms with E-state index in [1.807, 2.05) is 12.2 Å². The first-order valence-corrected chi connectivity index (χ1v) is 19.5. The number of aliphatic hydroxyl groups is 1. The molecule has 1 N–H and O–H groups in total. The predicted molar refractivity (Wildman–Crippen MR) is 205 cm³/mol. The molecule has 0 saturated carbocycles. The van der Waals surface area contributed by atoms with Crippen molar-refractivity contribution in [2.45, 2.75) is 174 Å². The van der Waals surface area contributed by atoms with Crippen LogP contribution >= 0.6 is 0 Å². The largest absolute Gasteiger partial charge is 0.462 e. The van der Waals surface area contributed by atoms with Gasteiger partial charge in [-0.3, -0.25) is 9.59 Å². The number of esters is 2. The highest BCUT2D eigenvalue weighted by Crippen LogP contribution is 2.14. The number of hydrogen-bond acceptors (Lipinski definition) is 5. The van der Waals surface area contributed by atoms with Gasteiger partial charge in [-0.15, -0.1) is 0 Å². The van der Waals surface area contributed by atoms with E-state index >= 15 is 0 Å². The minimum atomic E-state index is -0.812. The van der Waals surface area contributed by atoms with Crippen molar-refractivity contribution >= 4 is 11.9 Å². The van der Waals surface area contributed by atoms with Crippen molar-refractivity contribution in [3.8, 4) is 0 Å². The van der Waals surface area contributed by atoms with E-state index in [0.717, 1.165) is 57.8 Å². The maximum Gasteiger partial charge on any atom is 0.306 e. The highest BCUT2D eigenvalue weighted by molar-refractivity contribution is 5.70. The van der Waals surface area contributed by atoms with E-state index in [9.17, 15) is 14.7 Å². The molecule has 5 heteroatoms. The Bertz CT molecular complexity index is 895. The molecule has 0 fully saturated rings. The van der Waals surface area contributed by atoms with Gasteiger partial charge in [-0.2, -0.15) is 0 Å². The maximum absolute atomic E-state index is 12.1. The van der Waals surface area contributed by atoms with Gasteiger partial charge in [0.25, 0.3) is 0 Å². The lowest BCUT2D eigenvalue weighted by molar-refractivity contribution is -0.161. The lowest BCUT2D eigenvalue weighted by Gasteiger charge is -2.15. The second kappa shape index (κ2) is 38.8. The van der Waals surface area contributed by atoms with Crippen molar-refractivity contribution in [2.24, 2.45) is 0 Å². The molecule has 0 aliphatic carbocycles. The molecular formula is C43H72O5. The van der Waals surface area contributed by atoms with Crippen molar-refractivity contribution in [1.29, 1.82) is 0 Å². The smallest absolute Gasteiger partial charge is 0.306 e. The van der Waals surface area contributed by atoms with Gasteiger partial charge in [-0.25, -0.2) is 0 Å². The first-order chi connectivity index (χ1) is 23.6. The average molecular weight is 669 g/mol. The van der Waals surface area contributed by atoms with Gasteiger partial charge in [-0.05, 0) is 51.4 Å². The topological polar surface area (TPSA) is 72.8 Å². The fourth-order valence-corrected chi connectivity index (χ4v) is 5.11. The van der Waals surface area contributed by atoms with Crippen molar-refractivity contribution in [3.05, 3.63) is 72.9 Å². The van der Waals surface area contributed by atoms with E-state index in [1.165, 1.54) is 77.0 Å². The standard InChI is InChI=1S/C43H72O5/c1-3-5-7-9-11-13-15-17-19-20-21-22-24-26-28-30-32-34-36-38-43(46)48-41(39-44)40-47-42(45)37-35-33-31-29-27-25-23-18-16-14-12-10-8-6-4-2/h5,7,11,13,17,19,21-22,26,28,32,34,41,44H,3-4,6,8-10,12,14-16,18,20,23-25,27,29-31,33,35-40H2,1-2H3/b7-5-,13-11-,19-17-,22-21-,28-26-,34-32-/t41-/m0/s1. The third kappa shape index (κ3) is 36.2. The summed E-state index contributed by atoms with van der Waals surface area (Å²) in [5.41, 5.74) is 0. The Kier molecular flexibility index (Phi) is 36.6. The molecule has 274 valence electrons. The number of carbonyl (C=O) groups is 2. The molecule has 0 aliphatic heterocycles. The van der Waals surface area contributed by atoms with Gasteiger partial charge in [0.1, 0.15) is 6.61 Å². The van der Waals surface area contributed by atoms with Gasteiger partial charge >= 0.3 is 11.9 Å². The quantitative estimate of drug-likeness (QED) is 0.0420. The molecule has 0 aromatic carbocycles. The minimum absolute atomic E-state index is 0.0975. The number of aliphatic hydroxyl groups excluding tert-OH is 1. The monoisotopic (exact) mass is 669 g/mol.